The van der Waals surface area contributed by atoms with Crippen molar-refractivity contribution in [3.63, 3.8) is 0 Å². The quantitative estimate of drug-likeness (QED) is 0.296. The van der Waals surface area contributed by atoms with E-state index in [9.17, 15) is 0 Å². The summed E-state index contributed by atoms with van der Waals surface area (Å²) in [6.45, 7) is 6.64. The van der Waals surface area contributed by atoms with E-state index < -0.39 is 0 Å². The van der Waals surface area contributed by atoms with Crippen molar-refractivity contribution in [2.75, 3.05) is 5.88 Å². The lowest BCUT2D eigenvalue weighted by molar-refractivity contribution is 0.269. The average molecular weight is 304 g/mol. The van der Waals surface area contributed by atoms with E-state index in [1.807, 2.05) is 0 Å². The van der Waals surface area contributed by atoms with Gasteiger partial charge in [0.2, 0.25) is 0 Å². The maximum Gasteiger partial charge on any atom is 0.0223 e. The second kappa shape index (κ2) is 13.0. The van der Waals surface area contributed by atoms with Crippen LogP contribution in [0.2, 0.25) is 0 Å². The monoisotopic (exact) mass is 303 g/mol. The van der Waals surface area contributed by atoms with Crippen molar-refractivity contribution < 1.29 is 0 Å². The molecule has 2 heteroatoms. The molecule has 1 nitrogen and oxygen atoms in total. The van der Waals surface area contributed by atoms with Crippen molar-refractivity contribution in [2.24, 2.45) is 11.7 Å². The molecule has 0 spiro atoms. The van der Waals surface area contributed by atoms with E-state index in [0.29, 0.717) is 5.92 Å². The molecule has 0 saturated heterocycles. The molecular weight excluding hydrogens is 266 g/mol. The molecule has 0 bridgehead atoms. The largest absolute Gasteiger partial charge is 0.325 e. The Hall–Kier alpha value is 0.250. The van der Waals surface area contributed by atoms with Crippen LogP contribution in [0, 0.1) is 5.92 Å². The van der Waals surface area contributed by atoms with Crippen molar-refractivity contribution in [1.29, 1.82) is 0 Å². The first kappa shape index (κ1) is 20.2. The number of alkyl halides is 1. The van der Waals surface area contributed by atoms with E-state index in [1.165, 1.54) is 70.6 Å². The molecule has 0 aliphatic heterocycles. The molecule has 0 heterocycles. The Kier molecular flexibility index (Phi) is 13.1. The van der Waals surface area contributed by atoms with Gasteiger partial charge in [-0.2, -0.15) is 0 Å². The van der Waals surface area contributed by atoms with E-state index in [-0.39, 0.29) is 5.54 Å². The fourth-order valence-corrected chi connectivity index (χ4v) is 3.09. The highest BCUT2D eigenvalue weighted by molar-refractivity contribution is 6.17. The normalized spacial score (nSPS) is 13.7. The van der Waals surface area contributed by atoms with Crippen LogP contribution in [-0.2, 0) is 0 Å². The van der Waals surface area contributed by atoms with Crippen LogP contribution in [0.3, 0.4) is 0 Å². The molecule has 0 aromatic heterocycles. The van der Waals surface area contributed by atoms with Gasteiger partial charge in [-0.25, -0.2) is 0 Å². The molecule has 122 valence electrons. The summed E-state index contributed by atoms with van der Waals surface area (Å²) in [5.74, 6) is 1.45. The molecule has 0 aliphatic rings. The Morgan fingerprint density at radius 1 is 0.800 bits per heavy atom. The summed E-state index contributed by atoms with van der Waals surface area (Å²) in [4.78, 5) is 0. The van der Waals surface area contributed by atoms with Crippen LogP contribution in [0.5, 0.6) is 0 Å². The maximum atomic E-state index is 6.32. The summed E-state index contributed by atoms with van der Waals surface area (Å²) < 4.78 is 0. The van der Waals surface area contributed by atoms with Gasteiger partial charge in [0, 0.05) is 11.4 Å². The van der Waals surface area contributed by atoms with Crippen LogP contribution in [0.4, 0.5) is 0 Å². The van der Waals surface area contributed by atoms with E-state index in [0.717, 1.165) is 12.3 Å². The molecule has 0 amide bonds. The second-order valence-electron chi connectivity index (χ2n) is 6.97. The number of nitrogens with two attached hydrogens (primary N) is 1. The topological polar surface area (TPSA) is 26.0 Å². The zero-order chi connectivity index (χ0) is 15.3. The van der Waals surface area contributed by atoms with Gasteiger partial charge in [0.25, 0.3) is 0 Å². The Bertz CT molecular complexity index is 198. The molecule has 1 atom stereocenters. The highest BCUT2D eigenvalue weighted by Gasteiger charge is 2.23. The van der Waals surface area contributed by atoms with Crippen molar-refractivity contribution in [2.45, 2.75) is 103 Å². The zero-order valence-corrected chi connectivity index (χ0v) is 15.0. The highest BCUT2D eigenvalue weighted by atomic mass is 35.5. The number of unbranched alkanes of at least 4 members (excludes halogenated alkanes) is 8. The van der Waals surface area contributed by atoms with Gasteiger partial charge in [-0.3, -0.25) is 0 Å². The summed E-state index contributed by atoms with van der Waals surface area (Å²) in [7, 11) is 0. The third kappa shape index (κ3) is 12.0. The van der Waals surface area contributed by atoms with Crippen LogP contribution in [0.1, 0.15) is 97.8 Å². The lowest BCUT2D eigenvalue weighted by atomic mass is 9.81. The highest BCUT2D eigenvalue weighted by Crippen LogP contribution is 2.26. The van der Waals surface area contributed by atoms with Crippen molar-refractivity contribution in [1.82, 2.24) is 0 Å². The first-order valence-corrected chi connectivity index (χ1v) is 9.40. The van der Waals surface area contributed by atoms with Gasteiger partial charge in [-0.05, 0) is 39.0 Å². The van der Waals surface area contributed by atoms with Gasteiger partial charge in [0.05, 0.1) is 0 Å². The summed E-state index contributed by atoms with van der Waals surface area (Å²) in [5, 5.41) is 0. The fraction of sp³-hybridized carbons (Fsp3) is 1.00. The third-order valence-electron chi connectivity index (χ3n) is 4.39. The minimum absolute atomic E-state index is 0.0343. The molecule has 1 unspecified atom stereocenters. The predicted molar refractivity (Wildman–Crippen MR) is 93.6 cm³/mol. The van der Waals surface area contributed by atoms with E-state index >= 15 is 0 Å². The van der Waals surface area contributed by atoms with Crippen LogP contribution < -0.4 is 5.73 Å². The fourth-order valence-electron chi connectivity index (χ4n) is 2.90. The van der Waals surface area contributed by atoms with Crippen LogP contribution in [-0.4, -0.2) is 11.4 Å². The Morgan fingerprint density at radius 2 is 1.25 bits per heavy atom. The average Bonchev–Trinajstić information content (AvgIpc) is 2.38. The molecule has 2 N–H and O–H groups in total. The summed E-state index contributed by atoms with van der Waals surface area (Å²) >= 11 is 5.77. The Morgan fingerprint density at radius 3 is 1.70 bits per heavy atom. The predicted octanol–water partition coefficient (Wildman–Crippen LogP) is 6.28. The van der Waals surface area contributed by atoms with Gasteiger partial charge < -0.3 is 5.73 Å². The summed E-state index contributed by atoms with van der Waals surface area (Å²) in [6, 6.07) is 0. The molecule has 0 fully saturated rings. The smallest absolute Gasteiger partial charge is 0.0223 e. The number of halogens is 1. The second-order valence-corrected chi connectivity index (χ2v) is 7.34. The van der Waals surface area contributed by atoms with Gasteiger partial charge in [-0.1, -0.05) is 64.7 Å². The lowest BCUT2D eigenvalue weighted by Crippen LogP contribution is -2.40. The molecule has 0 rings (SSSR count). The SMILES string of the molecule is CCCCCCCCCCC(CCCCCl)C(C)(C)N. The van der Waals surface area contributed by atoms with Gasteiger partial charge >= 0.3 is 0 Å². The van der Waals surface area contributed by atoms with Gasteiger partial charge in [0.1, 0.15) is 0 Å². The molecular formula is C18H38ClN. The van der Waals surface area contributed by atoms with Crippen LogP contribution >= 0.6 is 11.6 Å². The number of hydrogen-bond donors (Lipinski definition) is 1. The summed E-state index contributed by atoms with van der Waals surface area (Å²) in [5.41, 5.74) is 6.29. The Labute approximate surface area is 133 Å². The third-order valence-corrected chi connectivity index (χ3v) is 4.66. The molecule has 0 aliphatic carbocycles. The zero-order valence-electron chi connectivity index (χ0n) is 14.2. The number of hydrogen-bond acceptors (Lipinski definition) is 1. The Balaban J connectivity index is 3.64. The van der Waals surface area contributed by atoms with Crippen molar-refractivity contribution in [3.05, 3.63) is 0 Å². The first-order chi connectivity index (χ1) is 9.52. The molecule has 0 aromatic carbocycles. The van der Waals surface area contributed by atoms with Crippen molar-refractivity contribution >= 4 is 11.6 Å². The standard InChI is InChI=1S/C18H38ClN/c1-4-5-6-7-8-9-10-11-14-17(18(2,3)20)15-12-13-16-19/h17H,4-16,20H2,1-3H3. The summed E-state index contributed by atoms with van der Waals surface area (Å²) in [6.07, 6.45) is 16.0. The van der Waals surface area contributed by atoms with Crippen LogP contribution in [0.15, 0.2) is 0 Å². The molecule has 0 aromatic rings. The van der Waals surface area contributed by atoms with Gasteiger partial charge in [-0.15, -0.1) is 11.6 Å². The van der Waals surface area contributed by atoms with Crippen LogP contribution in [0.25, 0.3) is 0 Å². The minimum atomic E-state index is -0.0343. The van der Waals surface area contributed by atoms with Gasteiger partial charge in [0.15, 0.2) is 0 Å². The van der Waals surface area contributed by atoms with E-state index in [4.69, 9.17) is 17.3 Å². The molecule has 0 radical (unpaired) electrons. The lowest BCUT2D eigenvalue weighted by Gasteiger charge is -2.31. The number of rotatable bonds is 14. The molecule has 0 saturated carbocycles. The maximum absolute atomic E-state index is 6.32. The van der Waals surface area contributed by atoms with E-state index in [2.05, 4.69) is 20.8 Å². The first-order valence-electron chi connectivity index (χ1n) is 8.87. The minimum Gasteiger partial charge on any atom is -0.325 e. The van der Waals surface area contributed by atoms with Crippen molar-refractivity contribution in [3.8, 4) is 0 Å². The molecule has 20 heavy (non-hydrogen) atoms. The van der Waals surface area contributed by atoms with E-state index in [1.54, 1.807) is 0 Å².